The number of aryl methyl sites for hydroxylation is 1. The third kappa shape index (κ3) is 3.17. The number of aromatic nitrogens is 2. The normalized spacial score (nSPS) is 10.5. The quantitative estimate of drug-likeness (QED) is 0.758. The number of amides is 2. The van der Waals surface area contributed by atoms with E-state index in [0.29, 0.717) is 21.6 Å². The molecule has 0 aliphatic rings. The molecule has 2 N–H and O–H groups in total. The molecule has 0 fully saturated rings. The molecule has 0 bridgehead atoms. The van der Waals surface area contributed by atoms with Crippen molar-refractivity contribution in [2.24, 2.45) is 0 Å². The summed E-state index contributed by atoms with van der Waals surface area (Å²) in [5, 5.41) is 3.62. The van der Waals surface area contributed by atoms with Gasteiger partial charge in [-0.05, 0) is 42.8 Å². The molecular formula is C16H13ClN4O2. The van der Waals surface area contributed by atoms with Crippen molar-refractivity contribution in [3.05, 3.63) is 69.7 Å². The average Bonchev–Trinajstić information content (AvgIpc) is 2.53. The molecule has 7 heteroatoms. The van der Waals surface area contributed by atoms with Crippen LogP contribution in [0, 0.1) is 6.92 Å². The predicted octanol–water partition coefficient (Wildman–Crippen LogP) is 3.13. The molecule has 0 saturated heterocycles. The third-order valence-electron chi connectivity index (χ3n) is 3.31. The van der Waals surface area contributed by atoms with E-state index in [1.807, 2.05) is 13.0 Å². The number of benzene rings is 2. The SMILES string of the molecule is Cc1cccc2c(=O)n(NC(=O)Nc3ccc(Cl)cc3)cnc12. The minimum Gasteiger partial charge on any atom is -0.307 e. The van der Waals surface area contributed by atoms with Crippen LogP contribution in [0.4, 0.5) is 10.5 Å². The van der Waals surface area contributed by atoms with Gasteiger partial charge in [0.2, 0.25) is 0 Å². The zero-order chi connectivity index (χ0) is 16.4. The second-order valence-corrected chi connectivity index (χ2v) is 5.40. The number of halogens is 1. The monoisotopic (exact) mass is 328 g/mol. The second kappa shape index (κ2) is 6.10. The molecule has 2 aromatic carbocycles. The maximum Gasteiger partial charge on any atom is 0.338 e. The molecule has 0 atom stereocenters. The zero-order valence-corrected chi connectivity index (χ0v) is 13.0. The van der Waals surface area contributed by atoms with Crippen LogP contribution in [-0.4, -0.2) is 15.7 Å². The number of carbonyl (C=O) groups is 1. The number of carbonyl (C=O) groups excluding carboxylic acids is 1. The van der Waals surface area contributed by atoms with E-state index in [9.17, 15) is 9.59 Å². The van der Waals surface area contributed by atoms with Gasteiger partial charge in [0.1, 0.15) is 6.33 Å². The van der Waals surface area contributed by atoms with E-state index in [1.165, 1.54) is 6.33 Å². The van der Waals surface area contributed by atoms with Gasteiger partial charge in [-0.1, -0.05) is 23.7 Å². The Morgan fingerprint density at radius 3 is 2.65 bits per heavy atom. The van der Waals surface area contributed by atoms with Crippen molar-refractivity contribution < 1.29 is 4.79 Å². The molecule has 0 saturated carbocycles. The first-order valence-electron chi connectivity index (χ1n) is 6.85. The fourth-order valence-electron chi connectivity index (χ4n) is 2.18. The number of nitrogens with one attached hydrogen (secondary N) is 2. The lowest BCUT2D eigenvalue weighted by atomic mass is 10.1. The minimum absolute atomic E-state index is 0.343. The number of hydrogen-bond donors (Lipinski definition) is 2. The number of fused-ring (bicyclic) bond motifs is 1. The number of hydrogen-bond acceptors (Lipinski definition) is 3. The van der Waals surface area contributed by atoms with Crippen LogP contribution in [0.2, 0.25) is 5.02 Å². The van der Waals surface area contributed by atoms with E-state index in [4.69, 9.17) is 11.6 Å². The molecular weight excluding hydrogens is 316 g/mol. The highest BCUT2D eigenvalue weighted by Crippen LogP contribution is 2.13. The smallest absolute Gasteiger partial charge is 0.307 e. The molecule has 1 aromatic heterocycles. The topological polar surface area (TPSA) is 76.0 Å². The van der Waals surface area contributed by atoms with Gasteiger partial charge in [0.15, 0.2) is 0 Å². The van der Waals surface area contributed by atoms with Gasteiger partial charge in [-0.2, -0.15) is 0 Å². The number of nitrogens with zero attached hydrogens (tertiary/aromatic N) is 2. The van der Waals surface area contributed by atoms with Crippen molar-refractivity contribution in [2.75, 3.05) is 10.7 Å². The highest BCUT2D eigenvalue weighted by molar-refractivity contribution is 6.30. The summed E-state index contributed by atoms with van der Waals surface area (Å²) >= 11 is 5.78. The van der Waals surface area contributed by atoms with E-state index >= 15 is 0 Å². The molecule has 3 aromatic rings. The van der Waals surface area contributed by atoms with Gasteiger partial charge >= 0.3 is 6.03 Å². The fourth-order valence-corrected chi connectivity index (χ4v) is 2.31. The third-order valence-corrected chi connectivity index (χ3v) is 3.57. The van der Waals surface area contributed by atoms with Crippen LogP contribution in [0.5, 0.6) is 0 Å². The van der Waals surface area contributed by atoms with Crippen LogP contribution in [0.1, 0.15) is 5.56 Å². The molecule has 0 spiro atoms. The molecule has 6 nitrogen and oxygen atoms in total. The van der Waals surface area contributed by atoms with Gasteiger partial charge in [0, 0.05) is 10.7 Å². The van der Waals surface area contributed by atoms with Crippen molar-refractivity contribution in [3.8, 4) is 0 Å². The molecule has 116 valence electrons. The molecule has 0 radical (unpaired) electrons. The highest BCUT2D eigenvalue weighted by atomic mass is 35.5. The Balaban J connectivity index is 1.84. The molecule has 1 heterocycles. The fraction of sp³-hybridized carbons (Fsp3) is 0.0625. The number of para-hydroxylation sites is 1. The van der Waals surface area contributed by atoms with Crippen molar-refractivity contribution in [1.29, 1.82) is 0 Å². The standard InChI is InChI=1S/C16H13ClN4O2/c1-10-3-2-4-13-14(10)18-9-21(15(13)22)20-16(23)19-12-7-5-11(17)6-8-12/h2-9H,1H3,(H2,19,20,23). The number of urea groups is 1. The van der Waals surface area contributed by atoms with Gasteiger partial charge in [-0.25, -0.2) is 19.9 Å². The molecule has 0 unspecified atom stereocenters. The summed E-state index contributed by atoms with van der Waals surface area (Å²) in [6.45, 7) is 1.87. The van der Waals surface area contributed by atoms with Gasteiger partial charge in [-0.3, -0.25) is 4.79 Å². The van der Waals surface area contributed by atoms with Crippen LogP contribution >= 0.6 is 11.6 Å². The number of rotatable bonds is 2. The largest absolute Gasteiger partial charge is 0.338 e. The van der Waals surface area contributed by atoms with E-state index in [-0.39, 0.29) is 5.56 Å². The summed E-state index contributed by atoms with van der Waals surface area (Å²) < 4.78 is 1.05. The Kier molecular flexibility index (Phi) is 3.99. The predicted molar refractivity (Wildman–Crippen MR) is 90.6 cm³/mol. The minimum atomic E-state index is -0.553. The first-order chi connectivity index (χ1) is 11.0. The molecule has 0 aliphatic carbocycles. The lowest BCUT2D eigenvalue weighted by molar-refractivity contribution is 0.259. The van der Waals surface area contributed by atoms with Crippen LogP contribution in [0.15, 0.2) is 53.6 Å². The Labute approximate surface area is 136 Å². The summed E-state index contributed by atoms with van der Waals surface area (Å²) in [6, 6.07) is 11.4. The van der Waals surface area contributed by atoms with Crippen LogP contribution < -0.4 is 16.3 Å². The van der Waals surface area contributed by atoms with Crippen molar-refractivity contribution in [1.82, 2.24) is 9.66 Å². The van der Waals surface area contributed by atoms with Gasteiger partial charge < -0.3 is 5.32 Å². The first-order valence-corrected chi connectivity index (χ1v) is 7.23. The van der Waals surface area contributed by atoms with E-state index in [2.05, 4.69) is 15.7 Å². The molecule has 2 amide bonds. The van der Waals surface area contributed by atoms with Crippen molar-refractivity contribution in [2.45, 2.75) is 6.92 Å². The Bertz CT molecular complexity index is 935. The van der Waals surface area contributed by atoms with Crippen LogP contribution in [0.3, 0.4) is 0 Å². The second-order valence-electron chi connectivity index (χ2n) is 4.96. The van der Waals surface area contributed by atoms with Crippen LogP contribution in [-0.2, 0) is 0 Å². The van der Waals surface area contributed by atoms with Gasteiger partial charge in [-0.15, -0.1) is 0 Å². The summed E-state index contributed by atoms with van der Waals surface area (Å²) in [7, 11) is 0. The Hall–Kier alpha value is -2.86. The Morgan fingerprint density at radius 2 is 1.91 bits per heavy atom. The van der Waals surface area contributed by atoms with E-state index in [0.717, 1.165) is 10.2 Å². The van der Waals surface area contributed by atoms with E-state index in [1.54, 1.807) is 36.4 Å². The van der Waals surface area contributed by atoms with Gasteiger partial charge in [0.05, 0.1) is 10.9 Å². The lowest BCUT2D eigenvalue weighted by Crippen LogP contribution is -2.35. The molecule has 3 rings (SSSR count). The summed E-state index contributed by atoms with van der Waals surface area (Å²) in [6.07, 6.45) is 1.29. The zero-order valence-electron chi connectivity index (χ0n) is 12.2. The Morgan fingerprint density at radius 1 is 1.17 bits per heavy atom. The summed E-state index contributed by atoms with van der Waals surface area (Å²) in [5.74, 6) is 0. The maximum absolute atomic E-state index is 12.4. The van der Waals surface area contributed by atoms with Crippen LogP contribution in [0.25, 0.3) is 10.9 Å². The molecule has 23 heavy (non-hydrogen) atoms. The average molecular weight is 329 g/mol. The summed E-state index contributed by atoms with van der Waals surface area (Å²) in [4.78, 5) is 28.6. The molecule has 0 aliphatic heterocycles. The highest BCUT2D eigenvalue weighted by Gasteiger charge is 2.08. The van der Waals surface area contributed by atoms with Crippen molar-refractivity contribution >= 4 is 34.2 Å². The number of anilines is 1. The first kappa shape index (κ1) is 15.1. The summed E-state index contributed by atoms with van der Waals surface area (Å²) in [5.41, 5.74) is 4.18. The lowest BCUT2D eigenvalue weighted by Gasteiger charge is -2.10. The van der Waals surface area contributed by atoms with Gasteiger partial charge in [0.25, 0.3) is 5.56 Å². The van der Waals surface area contributed by atoms with Crippen molar-refractivity contribution in [3.63, 3.8) is 0 Å². The maximum atomic E-state index is 12.4. The van der Waals surface area contributed by atoms with E-state index < -0.39 is 6.03 Å².